The fourth-order valence-corrected chi connectivity index (χ4v) is 2.37. The van der Waals surface area contributed by atoms with E-state index in [1.165, 1.54) is 31.3 Å². The second kappa shape index (κ2) is 14.9. The summed E-state index contributed by atoms with van der Waals surface area (Å²) in [6.45, 7) is 16.4. The average molecular weight is 324 g/mol. The number of hydrogen-bond donors (Lipinski definition) is 3. The highest BCUT2D eigenvalue weighted by Crippen LogP contribution is 1.99. The smallest absolute Gasteiger partial charge is 0.0202 e. The van der Waals surface area contributed by atoms with Crippen molar-refractivity contribution in [3.8, 4) is 0 Å². The Morgan fingerprint density at radius 3 is 1.96 bits per heavy atom. The number of hydrogen-bond acceptors (Lipinski definition) is 3. The zero-order chi connectivity index (χ0) is 17.4. The third kappa shape index (κ3) is 17.5. The highest BCUT2D eigenvalue weighted by molar-refractivity contribution is 5.19. The molecule has 0 radical (unpaired) electrons. The Morgan fingerprint density at radius 2 is 1.43 bits per heavy atom. The van der Waals surface area contributed by atoms with Gasteiger partial charge in [0.25, 0.3) is 0 Å². The van der Waals surface area contributed by atoms with Gasteiger partial charge in [-0.1, -0.05) is 25.2 Å². The van der Waals surface area contributed by atoms with E-state index in [-0.39, 0.29) is 5.54 Å². The summed E-state index contributed by atoms with van der Waals surface area (Å²) in [5, 5.41) is 10.6. The lowest BCUT2D eigenvalue weighted by Gasteiger charge is -2.20. The largest absolute Gasteiger partial charge is 0.317 e. The van der Waals surface area contributed by atoms with Gasteiger partial charge in [0.05, 0.1) is 0 Å². The minimum Gasteiger partial charge on any atom is -0.317 e. The zero-order valence-corrected chi connectivity index (χ0v) is 16.3. The van der Waals surface area contributed by atoms with Gasteiger partial charge in [-0.05, 0) is 91.6 Å². The Bertz CT molecular complexity index is 313. The fraction of sp³-hybridized carbons (Fsp3) is 0.800. The Balaban J connectivity index is 3.32. The number of allylic oxidation sites excluding steroid dienone is 2. The molecule has 0 aromatic heterocycles. The minimum absolute atomic E-state index is 0.250. The third-order valence-electron chi connectivity index (χ3n) is 3.57. The molecule has 3 nitrogen and oxygen atoms in total. The summed E-state index contributed by atoms with van der Waals surface area (Å²) < 4.78 is 0. The lowest BCUT2D eigenvalue weighted by molar-refractivity contribution is 0.416. The van der Waals surface area contributed by atoms with Crippen LogP contribution in [0.3, 0.4) is 0 Å². The molecule has 0 amide bonds. The van der Waals surface area contributed by atoms with Gasteiger partial charge in [0, 0.05) is 12.1 Å². The molecule has 0 saturated heterocycles. The van der Waals surface area contributed by atoms with E-state index in [1.807, 2.05) is 0 Å². The van der Waals surface area contributed by atoms with Gasteiger partial charge < -0.3 is 16.0 Å². The van der Waals surface area contributed by atoms with Gasteiger partial charge in [-0.25, -0.2) is 0 Å². The Labute approximate surface area is 145 Å². The predicted molar refractivity (Wildman–Crippen MR) is 105 cm³/mol. The van der Waals surface area contributed by atoms with E-state index in [0.717, 1.165) is 39.1 Å². The van der Waals surface area contributed by atoms with Crippen LogP contribution in [0.25, 0.3) is 0 Å². The lowest BCUT2D eigenvalue weighted by Crippen LogP contribution is -2.36. The number of rotatable bonds is 14. The number of nitrogens with one attached hydrogen (secondary N) is 3. The van der Waals surface area contributed by atoms with Crippen LogP contribution in [0.5, 0.6) is 0 Å². The molecule has 0 aliphatic rings. The lowest BCUT2D eigenvalue weighted by atomic mass is 10.1. The summed E-state index contributed by atoms with van der Waals surface area (Å²) in [6, 6.07) is 0. The summed E-state index contributed by atoms with van der Waals surface area (Å²) in [5.41, 5.74) is 1.65. The maximum Gasteiger partial charge on any atom is 0.0202 e. The van der Waals surface area contributed by atoms with Gasteiger partial charge in [-0.3, -0.25) is 0 Å². The molecule has 0 bridgehead atoms. The van der Waals surface area contributed by atoms with E-state index in [0.29, 0.717) is 0 Å². The van der Waals surface area contributed by atoms with Crippen molar-refractivity contribution in [3.63, 3.8) is 0 Å². The van der Waals surface area contributed by atoms with Crippen molar-refractivity contribution < 1.29 is 0 Å². The van der Waals surface area contributed by atoms with Crippen molar-refractivity contribution >= 4 is 0 Å². The first-order valence-corrected chi connectivity index (χ1v) is 9.47. The van der Waals surface area contributed by atoms with Crippen molar-refractivity contribution in [2.45, 2.75) is 72.3 Å². The van der Waals surface area contributed by atoms with Crippen LogP contribution in [0.1, 0.15) is 66.7 Å². The first-order valence-electron chi connectivity index (χ1n) is 9.47. The second-order valence-electron chi connectivity index (χ2n) is 7.21. The van der Waals surface area contributed by atoms with Crippen LogP contribution in [0.4, 0.5) is 0 Å². The van der Waals surface area contributed by atoms with Crippen LogP contribution >= 0.6 is 0 Å². The molecule has 0 unspecified atom stereocenters. The molecule has 0 rings (SSSR count). The van der Waals surface area contributed by atoms with Crippen LogP contribution in [-0.2, 0) is 0 Å². The summed E-state index contributed by atoms with van der Waals surface area (Å²) >= 11 is 0. The van der Waals surface area contributed by atoms with E-state index in [2.05, 4.69) is 68.8 Å². The molecular formula is C20H41N3. The molecule has 0 aliphatic heterocycles. The Hall–Kier alpha value is -0.640. The van der Waals surface area contributed by atoms with Gasteiger partial charge in [-0.2, -0.15) is 0 Å². The van der Waals surface area contributed by atoms with E-state index in [4.69, 9.17) is 0 Å². The highest BCUT2D eigenvalue weighted by Gasteiger charge is 2.06. The predicted octanol–water partition coefficient (Wildman–Crippen LogP) is 4.03. The summed E-state index contributed by atoms with van der Waals surface area (Å²) in [7, 11) is 0. The van der Waals surface area contributed by atoms with Gasteiger partial charge in [0.2, 0.25) is 0 Å². The van der Waals surface area contributed by atoms with Crippen LogP contribution < -0.4 is 16.0 Å². The minimum atomic E-state index is 0.250. The molecule has 3 heteroatoms. The van der Waals surface area contributed by atoms with E-state index >= 15 is 0 Å². The van der Waals surface area contributed by atoms with Crippen molar-refractivity contribution in [2.75, 3.05) is 32.7 Å². The van der Waals surface area contributed by atoms with Crippen LogP contribution in [0.15, 0.2) is 23.8 Å². The SMILES string of the molecule is C/C=C\C(=C/CC)CNCCCCNCCCCNC(C)(C)C. The molecule has 136 valence electrons. The van der Waals surface area contributed by atoms with E-state index in [1.54, 1.807) is 0 Å². The molecule has 3 N–H and O–H groups in total. The van der Waals surface area contributed by atoms with Crippen LogP contribution in [0.2, 0.25) is 0 Å². The molecule has 0 aromatic rings. The molecule has 0 saturated carbocycles. The second-order valence-corrected chi connectivity index (χ2v) is 7.21. The van der Waals surface area contributed by atoms with Gasteiger partial charge in [0.1, 0.15) is 0 Å². The first kappa shape index (κ1) is 22.4. The molecule has 0 spiro atoms. The summed E-state index contributed by atoms with van der Waals surface area (Å²) in [4.78, 5) is 0. The van der Waals surface area contributed by atoms with Crippen molar-refractivity contribution in [2.24, 2.45) is 0 Å². The van der Waals surface area contributed by atoms with Gasteiger partial charge in [0.15, 0.2) is 0 Å². The van der Waals surface area contributed by atoms with Crippen LogP contribution in [0, 0.1) is 0 Å². The monoisotopic (exact) mass is 323 g/mol. The standard InChI is InChI=1S/C20H41N3/c1-6-12-19(13-7-2)18-22-16-9-8-14-21-15-10-11-17-23-20(3,4)5/h6,12-13,21-23H,7-11,14-18H2,1-5H3/b12-6-,19-13+. The van der Waals surface area contributed by atoms with Crippen molar-refractivity contribution in [1.82, 2.24) is 16.0 Å². The maximum absolute atomic E-state index is 3.55. The summed E-state index contributed by atoms with van der Waals surface area (Å²) in [6.07, 6.45) is 12.7. The first-order chi connectivity index (χ1) is 11.0. The van der Waals surface area contributed by atoms with E-state index < -0.39 is 0 Å². The fourth-order valence-electron chi connectivity index (χ4n) is 2.37. The Morgan fingerprint density at radius 1 is 0.870 bits per heavy atom. The molecule has 0 fully saturated rings. The quantitative estimate of drug-likeness (QED) is 0.334. The molecule has 0 aliphatic carbocycles. The molecular weight excluding hydrogens is 282 g/mol. The molecule has 0 atom stereocenters. The molecule has 0 heterocycles. The number of unbranched alkanes of at least 4 members (excludes halogenated alkanes) is 2. The molecule has 23 heavy (non-hydrogen) atoms. The maximum atomic E-state index is 3.55. The van der Waals surface area contributed by atoms with E-state index in [9.17, 15) is 0 Å². The topological polar surface area (TPSA) is 36.1 Å². The highest BCUT2D eigenvalue weighted by atomic mass is 14.9. The van der Waals surface area contributed by atoms with Crippen molar-refractivity contribution in [1.29, 1.82) is 0 Å². The Kier molecular flexibility index (Phi) is 14.5. The van der Waals surface area contributed by atoms with Crippen LogP contribution in [-0.4, -0.2) is 38.3 Å². The van der Waals surface area contributed by atoms with Crippen molar-refractivity contribution in [3.05, 3.63) is 23.8 Å². The average Bonchev–Trinajstić information content (AvgIpc) is 2.47. The van der Waals surface area contributed by atoms with Gasteiger partial charge >= 0.3 is 0 Å². The summed E-state index contributed by atoms with van der Waals surface area (Å²) in [5.74, 6) is 0. The third-order valence-corrected chi connectivity index (χ3v) is 3.57. The molecule has 0 aromatic carbocycles. The van der Waals surface area contributed by atoms with Gasteiger partial charge in [-0.15, -0.1) is 0 Å². The zero-order valence-electron chi connectivity index (χ0n) is 16.3. The normalized spacial score (nSPS) is 13.2.